The molecule has 2 heterocycles. The van der Waals surface area contributed by atoms with E-state index in [-0.39, 0.29) is 17.9 Å². The Kier molecular flexibility index (Phi) is 5.55. The molecule has 0 radical (unpaired) electrons. The minimum atomic E-state index is -0.155. The number of aromatic nitrogens is 3. The highest BCUT2D eigenvalue weighted by Gasteiger charge is 2.15. The Morgan fingerprint density at radius 2 is 2.00 bits per heavy atom. The van der Waals surface area contributed by atoms with Gasteiger partial charge in [-0.05, 0) is 19.9 Å². The highest BCUT2D eigenvalue weighted by molar-refractivity contribution is 7.20. The SMILES string of the molecule is CCC(=O)Nc1nc(C)nc(NC(C)c2cc(Cl)sc2Cl)n1. The van der Waals surface area contributed by atoms with Crippen LogP contribution >= 0.6 is 34.5 Å². The molecule has 2 rings (SSSR count). The fourth-order valence-electron chi connectivity index (χ4n) is 1.73. The van der Waals surface area contributed by atoms with Gasteiger partial charge in [0.15, 0.2) is 0 Å². The highest BCUT2D eigenvalue weighted by atomic mass is 35.5. The van der Waals surface area contributed by atoms with E-state index < -0.39 is 0 Å². The number of rotatable bonds is 5. The van der Waals surface area contributed by atoms with Gasteiger partial charge >= 0.3 is 0 Å². The van der Waals surface area contributed by atoms with E-state index in [4.69, 9.17) is 23.2 Å². The summed E-state index contributed by atoms with van der Waals surface area (Å²) in [5.41, 5.74) is 0.869. The zero-order valence-electron chi connectivity index (χ0n) is 12.3. The lowest BCUT2D eigenvalue weighted by Crippen LogP contribution is -2.16. The number of hydrogen-bond acceptors (Lipinski definition) is 6. The number of nitrogens with zero attached hydrogens (tertiary/aromatic N) is 3. The first-order valence-corrected chi connectivity index (χ1v) is 8.20. The third kappa shape index (κ3) is 4.28. The Balaban J connectivity index is 2.18. The summed E-state index contributed by atoms with van der Waals surface area (Å²) in [5.74, 6) is 0.941. The summed E-state index contributed by atoms with van der Waals surface area (Å²) >= 11 is 13.4. The molecule has 22 heavy (non-hydrogen) atoms. The minimum Gasteiger partial charge on any atom is -0.347 e. The van der Waals surface area contributed by atoms with Crippen molar-refractivity contribution in [2.45, 2.75) is 33.2 Å². The van der Waals surface area contributed by atoms with Crippen molar-refractivity contribution in [3.63, 3.8) is 0 Å². The van der Waals surface area contributed by atoms with Crippen LogP contribution in [0.3, 0.4) is 0 Å². The Morgan fingerprint density at radius 3 is 2.59 bits per heavy atom. The van der Waals surface area contributed by atoms with Gasteiger partial charge in [0, 0.05) is 12.0 Å². The van der Waals surface area contributed by atoms with Crippen molar-refractivity contribution in [2.24, 2.45) is 0 Å². The van der Waals surface area contributed by atoms with Gasteiger partial charge in [-0.25, -0.2) is 0 Å². The molecule has 1 unspecified atom stereocenters. The number of carbonyl (C=O) groups excluding carboxylic acids is 1. The van der Waals surface area contributed by atoms with E-state index in [1.54, 1.807) is 19.9 Å². The average Bonchev–Trinajstić information content (AvgIpc) is 2.77. The predicted molar refractivity (Wildman–Crippen MR) is 89.9 cm³/mol. The van der Waals surface area contributed by atoms with E-state index in [0.29, 0.717) is 26.9 Å². The molecule has 0 spiro atoms. The quantitative estimate of drug-likeness (QED) is 0.840. The summed E-state index contributed by atoms with van der Waals surface area (Å²) in [4.78, 5) is 23.9. The topological polar surface area (TPSA) is 79.8 Å². The highest BCUT2D eigenvalue weighted by Crippen LogP contribution is 2.35. The third-order valence-electron chi connectivity index (χ3n) is 2.81. The van der Waals surface area contributed by atoms with Crippen LogP contribution in [0.4, 0.5) is 11.9 Å². The Bertz CT molecular complexity index is 691. The minimum absolute atomic E-state index is 0.132. The molecule has 2 N–H and O–H groups in total. The molecule has 0 saturated carbocycles. The van der Waals surface area contributed by atoms with Crippen molar-refractivity contribution >= 4 is 52.3 Å². The normalized spacial score (nSPS) is 12.0. The molecule has 118 valence electrons. The zero-order chi connectivity index (χ0) is 16.3. The Morgan fingerprint density at radius 1 is 1.32 bits per heavy atom. The largest absolute Gasteiger partial charge is 0.347 e. The van der Waals surface area contributed by atoms with Crippen LogP contribution in [-0.2, 0) is 4.79 Å². The molecule has 0 fully saturated rings. The first kappa shape index (κ1) is 16.9. The second kappa shape index (κ2) is 7.21. The maximum absolute atomic E-state index is 11.4. The molecule has 6 nitrogen and oxygen atoms in total. The molecule has 0 aliphatic carbocycles. The summed E-state index contributed by atoms with van der Waals surface area (Å²) in [6.45, 7) is 5.41. The molecule has 0 bridgehead atoms. The first-order valence-electron chi connectivity index (χ1n) is 6.62. The standard InChI is InChI=1S/C13H15Cl2N5OS/c1-4-10(21)19-13-18-7(3)17-12(20-13)16-6(2)8-5-9(14)22-11(8)15/h5-6H,4H2,1-3H3,(H2,16,17,18,19,20,21). The smallest absolute Gasteiger partial charge is 0.234 e. The van der Waals surface area contributed by atoms with Crippen molar-refractivity contribution in [2.75, 3.05) is 10.6 Å². The average molecular weight is 360 g/mol. The van der Waals surface area contributed by atoms with Crippen LogP contribution in [0.5, 0.6) is 0 Å². The van der Waals surface area contributed by atoms with Gasteiger partial charge in [-0.3, -0.25) is 10.1 Å². The second-order valence-corrected chi connectivity index (χ2v) is 6.86. The Hall–Kier alpha value is -1.44. The number of carbonyl (C=O) groups is 1. The molecule has 0 saturated heterocycles. The molecular formula is C13H15Cl2N5OS. The fraction of sp³-hybridized carbons (Fsp3) is 0.385. The number of hydrogen-bond donors (Lipinski definition) is 2. The van der Waals surface area contributed by atoms with Crippen molar-refractivity contribution in [3.8, 4) is 0 Å². The third-order valence-corrected chi connectivity index (χ3v) is 4.33. The summed E-state index contributed by atoms with van der Waals surface area (Å²) < 4.78 is 1.24. The van der Waals surface area contributed by atoms with Gasteiger partial charge in [0.1, 0.15) is 5.82 Å². The number of amides is 1. The van der Waals surface area contributed by atoms with Gasteiger partial charge in [-0.2, -0.15) is 15.0 Å². The molecule has 0 aliphatic heterocycles. The lowest BCUT2D eigenvalue weighted by atomic mass is 10.2. The van der Waals surface area contributed by atoms with Gasteiger partial charge in [0.2, 0.25) is 17.8 Å². The molecule has 1 amide bonds. The number of aryl methyl sites for hydroxylation is 1. The van der Waals surface area contributed by atoms with Gasteiger partial charge < -0.3 is 5.32 Å². The lowest BCUT2D eigenvalue weighted by Gasteiger charge is -2.14. The lowest BCUT2D eigenvalue weighted by molar-refractivity contribution is -0.115. The number of anilines is 2. The molecule has 0 aliphatic rings. The van der Waals surface area contributed by atoms with Gasteiger partial charge in [-0.15, -0.1) is 11.3 Å². The molecule has 2 aromatic rings. The van der Waals surface area contributed by atoms with E-state index >= 15 is 0 Å². The Labute approximate surface area is 142 Å². The summed E-state index contributed by atoms with van der Waals surface area (Å²) in [7, 11) is 0. The summed E-state index contributed by atoms with van der Waals surface area (Å²) in [6, 6.07) is 1.67. The van der Waals surface area contributed by atoms with Crippen molar-refractivity contribution in [1.82, 2.24) is 15.0 Å². The van der Waals surface area contributed by atoms with Crippen LogP contribution in [-0.4, -0.2) is 20.9 Å². The van der Waals surface area contributed by atoms with Crippen molar-refractivity contribution < 1.29 is 4.79 Å². The molecule has 0 aromatic carbocycles. The van der Waals surface area contributed by atoms with Crippen LogP contribution in [0, 0.1) is 6.92 Å². The molecular weight excluding hydrogens is 345 g/mol. The zero-order valence-corrected chi connectivity index (χ0v) is 14.6. The van der Waals surface area contributed by atoms with Crippen LogP contribution in [0.15, 0.2) is 6.07 Å². The predicted octanol–water partition coefficient (Wildman–Crippen LogP) is 4.07. The van der Waals surface area contributed by atoms with Crippen LogP contribution < -0.4 is 10.6 Å². The maximum atomic E-state index is 11.4. The molecule has 2 aromatic heterocycles. The van der Waals surface area contributed by atoms with Gasteiger partial charge in [-0.1, -0.05) is 30.1 Å². The van der Waals surface area contributed by atoms with E-state index in [1.807, 2.05) is 6.92 Å². The first-order chi connectivity index (χ1) is 10.4. The van der Waals surface area contributed by atoms with Crippen LogP contribution in [0.25, 0.3) is 0 Å². The van der Waals surface area contributed by atoms with Crippen LogP contribution in [0.1, 0.15) is 37.7 Å². The van der Waals surface area contributed by atoms with Crippen LogP contribution in [0.2, 0.25) is 8.67 Å². The number of halogens is 2. The summed E-state index contributed by atoms with van der Waals surface area (Å²) in [6.07, 6.45) is 0.354. The van der Waals surface area contributed by atoms with Crippen molar-refractivity contribution in [1.29, 1.82) is 0 Å². The summed E-state index contributed by atoms with van der Waals surface area (Å²) in [5, 5.41) is 5.75. The maximum Gasteiger partial charge on any atom is 0.234 e. The van der Waals surface area contributed by atoms with E-state index in [9.17, 15) is 4.79 Å². The van der Waals surface area contributed by atoms with E-state index in [1.165, 1.54) is 11.3 Å². The molecule has 1 atom stereocenters. The van der Waals surface area contributed by atoms with E-state index in [0.717, 1.165) is 5.56 Å². The van der Waals surface area contributed by atoms with Gasteiger partial charge in [0.25, 0.3) is 0 Å². The number of thiophene rings is 1. The van der Waals surface area contributed by atoms with Gasteiger partial charge in [0.05, 0.1) is 14.7 Å². The van der Waals surface area contributed by atoms with Crippen molar-refractivity contribution in [3.05, 3.63) is 26.1 Å². The van der Waals surface area contributed by atoms with E-state index in [2.05, 4.69) is 25.6 Å². The number of nitrogens with one attached hydrogen (secondary N) is 2. The second-order valence-electron chi connectivity index (χ2n) is 4.58. The molecule has 9 heteroatoms. The monoisotopic (exact) mass is 359 g/mol. The fourth-order valence-corrected chi connectivity index (χ4v) is 3.38.